The number of anilines is 1. The lowest BCUT2D eigenvalue weighted by Crippen LogP contribution is -2.24. The molecule has 0 radical (unpaired) electrons. The first-order valence-electron chi connectivity index (χ1n) is 5.86. The van der Waals surface area contributed by atoms with E-state index in [0.29, 0.717) is 30.2 Å². The van der Waals surface area contributed by atoms with Gasteiger partial charge in [-0.2, -0.15) is 0 Å². The van der Waals surface area contributed by atoms with E-state index < -0.39 is 0 Å². The maximum atomic E-state index is 11.6. The van der Waals surface area contributed by atoms with Crippen LogP contribution < -0.4 is 10.6 Å². The predicted molar refractivity (Wildman–Crippen MR) is 73.1 cm³/mol. The predicted octanol–water partition coefficient (Wildman–Crippen LogP) is 1.62. The van der Waals surface area contributed by atoms with E-state index in [1.165, 1.54) is 11.3 Å². The zero-order valence-electron chi connectivity index (χ0n) is 10.2. The lowest BCUT2D eigenvalue weighted by atomic mass is 10.3. The number of rotatable bonds is 6. The van der Waals surface area contributed by atoms with Crippen molar-refractivity contribution < 1.29 is 9.59 Å². The summed E-state index contributed by atoms with van der Waals surface area (Å²) in [6.07, 6.45) is 4.13. The van der Waals surface area contributed by atoms with E-state index in [4.69, 9.17) is 0 Å². The van der Waals surface area contributed by atoms with Gasteiger partial charge >= 0.3 is 0 Å². The lowest BCUT2D eigenvalue weighted by Gasteiger charge is -2.04. The average Bonchev–Trinajstić information content (AvgIpc) is 3.06. The largest absolute Gasteiger partial charge is 0.351 e. The normalized spacial score (nSPS) is 10.1. The minimum Gasteiger partial charge on any atom is -0.351 e. The number of hydrogen-bond acceptors (Lipinski definition) is 4. The van der Waals surface area contributed by atoms with Gasteiger partial charge in [-0.05, 0) is 17.9 Å². The lowest BCUT2D eigenvalue weighted by molar-refractivity contribution is -0.116. The van der Waals surface area contributed by atoms with Crippen molar-refractivity contribution in [3.05, 3.63) is 34.8 Å². The van der Waals surface area contributed by atoms with E-state index in [1.54, 1.807) is 18.5 Å². The van der Waals surface area contributed by atoms with Crippen molar-refractivity contribution in [2.75, 3.05) is 11.9 Å². The zero-order valence-corrected chi connectivity index (χ0v) is 11.0. The summed E-state index contributed by atoms with van der Waals surface area (Å²) in [5.74, 6) is 0.217. The Morgan fingerprint density at radius 1 is 1.42 bits per heavy atom. The number of nitrogens with zero attached hydrogens (tertiary/aromatic N) is 1. The topological polar surface area (TPSA) is 86.9 Å². The van der Waals surface area contributed by atoms with E-state index in [-0.39, 0.29) is 11.8 Å². The SMILES string of the molecule is O=C(CCCNC(=O)c1cccs1)Nc1ncc[nH]1. The highest BCUT2D eigenvalue weighted by atomic mass is 32.1. The highest BCUT2D eigenvalue weighted by Gasteiger charge is 2.06. The second-order valence-corrected chi connectivity index (χ2v) is 4.77. The van der Waals surface area contributed by atoms with Crippen LogP contribution in [0.1, 0.15) is 22.5 Å². The van der Waals surface area contributed by atoms with Gasteiger partial charge in [0, 0.05) is 25.4 Å². The smallest absolute Gasteiger partial charge is 0.261 e. The number of H-pyrrole nitrogens is 1. The Morgan fingerprint density at radius 3 is 3.00 bits per heavy atom. The standard InChI is InChI=1S/C12H14N4O2S/c17-10(16-12-14-6-7-15-12)4-1-5-13-11(18)9-3-2-8-19-9/h2-3,6-8H,1,4-5H2,(H,13,18)(H2,14,15,16,17). The van der Waals surface area contributed by atoms with Crippen molar-refractivity contribution >= 4 is 29.1 Å². The van der Waals surface area contributed by atoms with Gasteiger partial charge in [0.25, 0.3) is 5.91 Å². The molecule has 2 rings (SSSR count). The van der Waals surface area contributed by atoms with Crippen LogP contribution in [0.25, 0.3) is 0 Å². The molecule has 7 heteroatoms. The zero-order chi connectivity index (χ0) is 13.5. The molecule has 2 amide bonds. The molecule has 0 unspecified atom stereocenters. The molecule has 0 aliphatic rings. The Balaban J connectivity index is 1.61. The number of aromatic amines is 1. The Hall–Kier alpha value is -2.15. The van der Waals surface area contributed by atoms with Gasteiger partial charge in [0.05, 0.1) is 4.88 Å². The minimum absolute atomic E-state index is 0.0959. The Labute approximate surface area is 114 Å². The summed E-state index contributed by atoms with van der Waals surface area (Å²) in [6.45, 7) is 0.475. The molecule has 6 nitrogen and oxygen atoms in total. The van der Waals surface area contributed by atoms with Crippen LogP contribution in [0.5, 0.6) is 0 Å². The third-order valence-electron chi connectivity index (χ3n) is 2.37. The molecule has 0 bridgehead atoms. The number of imidazole rings is 1. The third-order valence-corrected chi connectivity index (χ3v) is 3.24. The van der Waals surface area contributed by atoms with Crippen LogP contribution >= 0.6 is 11.3 Å². The van der Waals surface area contributed by atoms with Crippen molar-refractivity contribution in [3.63, 3.8) is 0 Å². The molecule has 19 heavy (non-hydrogen) atoms. The third kappa shape index (κ3) is 4.22. The van der Waals surface area contributed by atoms with Gasteiger partial charge in [-0.25, -0.2) is 4.98 Å². The molecule has 0 aromatic carbocycles. The van der Waals surface area contributed by atoms with E-state index >= 15 is 0 Å². The Bertz CT molecular complexity index is 522. The molecule has 3 N–H and O–H groups in total. The summed E-state index contributed by atoms with van der Waals surface area (Å²) < 4.78 is 0. The number of aromatic nitrogens is 2. The summed E-state index contributed by atoms with van der Waals surface area (Å²) in [4.78, 5) is 30.4. The molecule has 2 aromatic heterocycles. The van der Waals surface area contributed by atoms with Crippen LogP contribution in [0.15, 0.2) is 29.9 Å². The molecule has 0 saturated heterocycles. The van der Waals surface area contributed by atoms with Crippen molar-refractivity contribution in [3.8, 4) is 0 Å². The van der Waals surface area contributed by atoms with Crippen molar-refractivity contribution in [2.24, 2.45) is 0 Å². The molecular formula is C12H14N4O2S. The van der Waals surface area contributed by atoms with Crippen LogP contribution in [-0.2, 0) is 4.79 Å². The average molecular weight is 278 g/mol. The first kappa shape index (κ1) is 13.3. The quantitative estimate of drug-likeness (QED) is 0.702. The van der Waals surface area contributed by atoms with Crippen molar-refractivity contribution in [1.82, 2.24) is 15.3 Å². The molecular weight excluding hydrogens is 264 g/mol. The molecule has 0 saturated carbocycles. The minimum atomic E-state index is -0.125. The Morgan fingerprint density at radius 2 is 2.32 bits per heavy atom. The summed E-state index contributed by atoms with van der Waals surface area (Å²) >= 11 is 1.39. The first-order chi connectivity index (χ1) is 9.25. The van der Waals surface area contributed by atoms with Gasteiger partial charge in [0.1, 0.15) is 0 Å². The molecule has 0 aliphatic heterocycles. The molecule has 0 spiro atoms. The molecule has 0 fully saturated rings. The number of carbonyl (C=O) groups is 2. The van der Waals surface area contributed by atoms with Gasteiger partial charge in [-0.3, -0.25) is 14.9 Å². The van der Waals surface area contributed by atoms with Gasteiger partial charge in [0.15, 0.2) is 0 Å². The van der Waals surface area contributed by atoms with Crippen LogP contribution in [0, 0.1) is 0 Å². The fraction of sp³-hybridized carbons (Fsp3) is 0.250. The first-order valence-corrected chi connectivity index (χ1v) is 6.74. The van der Waals surface area contributed by atoms with Crippen LogP contribution in [0.2, 0.25) is 0 Å². The summed E-state index contributed by atoms with van der Waals surface area (Å²) in [7, 11) is 0. The maximum Gasteiger partial charge on any atom is 0.261 e. The number of amides is 2. The number of hydrogen-bond donors (Lipinski definition) is 3. The number of carbonyl (C=O) groups excluding carboxylic acids is 2. The van der Waals surface area contributed by atoms with Crippen LogP contribution in [0.4, 0.5) is 5.95 Å². The van der Waals surface area contributed by atoms with Gasteiger partial charge in [0.2, 0.25) is 11.9 Å². The Kier molecular flexibility index (Phi) is 4.68. The van der Waals surface area contributed by atoms with E-state index in [9.17, 15) is 9.59 Å². The van der Waals surface area contributed by atoms with Crippen molar-refractivity contribution in [2.45, 2.75) is 12.8 Å². The van der Waals surface area contributed by atoms with E-state index in [2.05, 4.69) is 20.6 Å². The molecule has 2 aromatic rings. The van der Waals surface area contributed by atoms with E-state index in [1.807, 2.05) is 11.4 Å². The molecule has 2 heterocycles. The summed E-state index contributed by atoms with van der Waals surface area (Å²) in [5.41, 5.74) is 0. The second kappa shape index (κ2) is 6.69. The van der Waals surface area contributed by atoms with Crippen LogP contribution in [0.3, 0.4) is 0 Å². The van der Waals surface area contributed by atoms with Crippen LogP contribution in [-0.4, -0.2) is 28.3 Å². The fourth-order valence-corrected chi connectivity index (χ4v) is 2.11. The maximum absolute atomic E-state index is 11.6. The number of nitrogens with one attached hydrogen (secondary N) is 3. The molecule has 0 aliphatic carbocycles. The monoisotopic (exact) mass is 278 g/mol. The van der Waals surface area contributed by atoms with Gasteiger partial charge < -0.3 is 10.3 Å². The summed E-state index contributed by atoms with van der Waals surface area (Å²) in [5, 5.41) is 7.24. The summed E-state index contributed by atoms with van der Waals surface area (Å²) in [6, 6.07) is 3.60. The fourth-order valence-electron chi connectivity index (χ4n) is 1.47. The second-order valence-electron chi connectivity index (χ2n) is 3.82. The molecule has 100 valence electrons. The molecule has 0 atom stereocenters. The van der Waals surface area contributed by atoms with Gasteiger partial charge in [-0.15, -0.1) is 11.3 Å². The van der Waals surface area contributed by atoms with E-state index in [0.717, 1.165) is 0 Å². The van der Waals surface area contributed by atoms with Crippen molar-refractivity contribution in [1.29, 1.82) is 0 Å². The highest BCUT2D eigenvalue weighted by molar-refractivity contribution is 7.12. The number of thiophene rings is 1. The highest BCUT2D eigenvalue weighted by Crippen LogP contribution is 2.07. The van der Waals surface area contributed by atoms with Gasteiger partial charge in [-0.1, -0.05) is 6.07 Å².